The highest BCUT2D eigenvalue weighted by molar-refractivity contribution is 6.32. The van der Waals surface area contributed by atoms with Gasteiger partial charge in [0.1, 0.15) is 0 Å². The molecule has 0 bridgehead atoms. The molecule has 0 atom stereocenters. The number of aromatic nitrogens is 1. The van der Waals surface area contributed by atoms with Crippen molar-refractivity contribution in [1.82, 2.24) is 10.3 Å². The average molecular weight is 349 g/mol. The third kappa shape index (κ3) is 5.35. The molecule has 0 radical (unpaired) electrons. The normalized spacial score (nSPS) is 20.8. The summed E-state index contributed by atoms with van der Waals surface area (Å²) in [6.07, 6.45) is 7.26. The zero-order chi connectivity index (χ0) is 17.7. The minimum absolute atomic E-state index is 0.0978. The number of fused-ring (bicyclic) bond motifs is 1. The number of hydrogen-bond donors (Lipinski definition) is 2. The molecule has 0 amide bonds. The first kappa shape index (κ1) is 19.0. The van der Waals surface area contributed by atoms with Gasteiger partial charge in [-0.3, -0.25) is 4.79 Å². The summed E-state index contributed by atoms with van der Waals surface area (Å²) in [6, 6.07) is 6.94. The first-order valence-electron chi connectivity index (χ1n) is 8.90. The van der Waals surface area contributed by atoms with Crippen LogP contribution in [0.1, 0.15) is 52.0 Å². The lowest BCUT2D eigenvalue weighted by Gasteiger charge is -2.28. The highest BCUT2D eigenvalue weighted by Gasteiger charge is 2.17. The van der Waals surface area contributed by atoms with E-state index in [9.17, 15) is 4.79 Å². The van der Waals surface area contributed by atoms with Crippen LogP contribution in [0.15, 0.2) is 29.2 Å². The van der Waals surface area contributed by atoms with E-state index >= 15 is 0 Å². The van der Waals surface area contributed by atoms with Crippen LogP contribution in [0.3, 0.4) is 0 Å². The monoisotopic (exact) mass is 348 g/mol. The number of pyridine rings is 1. The molecule has 1 aromatic heterocycles. The maximum Gasteiger partial charge on any atom is 0.255 e. The second kappa shape index (κ2) is 8.68. The first-order valence-corrected chi connectivity index (χ1v) is 9.28. The Morgan fingerprint density at radius 1 is 1.21 bits per heavy atom. The lowest BCUT2D eigenvalue weighted by molar-refractivity contribution is 0.295. The number of benzene rings is 1. The number of nitrogens with one attached hydrogen (secondary N) is 2. The number of aromatic amines is 1. The SMILES string of the molecule is CC1CCC(NC(C)C)CC1.Cc1cc2cc[nH]c(=O)c2cc1Cl. The Balaban J connectivity index is 0.000000177. The van der Waals surface area contributed by atoms with Gasteiger partial charge >= 0.3 is 0 Å². The van der Waals surface area contributed by atoms with Gasteiger partial charge in [0, 0.05) is 28.7 Å². The third-order valence-corrected chi connectivity index (χ3v) is 5.04. The molecule has 3 nitrogen and oxygen atoms in total. The maximum atomic E-state index is 11.3. The van der Waals surface area contributed by atoms with E-state index in [1.54, 1.807) is 12.3 Å². The molecule has 1 heterocycles. The molecule has 4 heteroatoms. The number of aryl methyl sites for hydroxylation is 1. The van der Waals surface area contributed by atoms with Crippen molar-refractivity contribution >= 4 is 22.4 Å². The summed E-state index contributed by atoms with van der Waals surface area (Å²) in [5, 5.41) is 5.79. The van der Waals surface area contributed by atoms with Gasteiger partial charge < -0.3 is 10.3 Å². The zero-order valence-electron chi connectivity index (χ0n) is 15.2. The molecular weight excluding hydrogens is 320 g/mol. The Morgan fingerprint density at radius 2 is 1.88 bits per heavy atom. The summed E-state index contributed by atoms with van der Waals surface area (Å²) in [5.74, 6) is 0.972. The van der Waals surface area contributed by atoms with Crippen LogP contribution >= 0.6 is 11.6 Å². The molecule has 3 rings (SSSR count). The summed E-state index contributed by atoms with van der Waals surface area (Å²) < 4.78 is 0. The molecular formula is C20H29ClN2O. The molecule has 1 aliphatic rings. The van der Waals surface area contributed by atoms with Crippen LogP contribution in [0.5, 0.6) is 0 Å². The standard InChI is InChI=1S/C10H8ClNO.C10H21N/c1-6-4-7-2-3-12-10(13)8(7)5-9(6)11;1-8(2)11-10-6-4-9(3)5-7-10/h2-5H,1H3,(H,12,13);8-11H,4-7H2,1-3H3. The molecule has 0 saturated heterocycles. The Kier molecular flexibility index (Phi) is 6.88. The van der Waals surface area contributed by atoms with Gasteiger partial charge in [0.15, 0.2) is 0 Å². The minimum Gasteiger partial charge on any atom is -0.329 e. The van der Waals surface area contributed by atoms with Crippen molar-refractivity contribution in [1.29, 1.82) is 0 Å². The Hall–Kier alpha value is -1.32. The smallest absolute Gasteiger partial charge is 0.255 e. The molecule has 2 N–H and O–H groups in total. The fourth-order valence-corrected chi connectivity index (χ4v) is 3.39. The lowest BCUT2D eigenvalue weighted by atomic mass is 9.87. The Morgan fingerprint density at radius 3 is 2.50 bits per heavy atom. The van der Waals surface area contributed by atoms with Gasteiger partial charge in [0.05, 0.1) is 0 Å². The summed E-state index contributed by atoms with van der Waals surface area (Å²) in [6.45, 7) is 8.75. The molecule has 2 aromatic rings. The molecule has 1 aromatic carbocycles. The zero-order valence-corrected chi connectivity index (χ0v) is 15.9. The van der Waals surface area contributed by atoms with E-state index in [1.165, 1.54) is 25.7 Å². The third-order valence-electron chi connectivity index (χ3n) is 4.64. The van der Waals surface area contributed by atoms with Crippen LogP contribution < -0.4 is 10.9 Å². The minimum atomic E-state index is -0.0978. The van der Waals surface area contributed by atoms with E-state index in [-0.39, 0.29) is 5.56 Å². The van der Waals surface area contributed by atoms with Gasteiger partial charge in [-0.05, 0) is 67.7 Å². The van der Waals surface area contributed by atoms with Crippen molar-refractivity contribution in [2.45, 2.75) is 65.5 Å². The molecule has 1 aliphatic carbocycles. The fraction of sp³-hybridized carbons (Fsp3) is 0.550. The van der Waals surface area contributed by atoms with Gasteiger partial charge in [0.25, 0.3) is 5.56 Å². The van der Waals surface area contributed by atoms with Gasteiger partial charge in [-0.1, -0.05) is 32.4 Å². The molecule has 1 saturated carbocycles. The van der Waals surface area contributed by atoms with E-state index in [0.29, 0.717) is 16.5 Å². The predicted octanol–water partition coefficient (Wildman–Crippen LogP) is 5.05. The van der Waals surface area contributed by atoms with Crippen molar-refractivity contribution in [3.8, 4) is 0 Å². The highest BCUT2D eigenvalue weighted by atomic mass is 35.5. The van der Waals surface area contributed by atoms with Crippen LogP contribution in [0.4, 0.5) is 0 Å². The van der Waals surface area contributed by atoms with E-state index in [4.69, 9.17) is 11.6 Å². The molecule has 132 valence electrons. The largest absolute Gasteiger partial charge is 0.329 e. The Bertz CT molecular complexity index is 715. The predicted molar refractivity (Wildman–Crippen MR) is 104 cm³/mol. The first-order chi connectivity index (χ1) is 11.4. The number of hydrogen-bond acceptors (Lipinski definition) is 2. The van der Waals surface area contributed by atoms with Gasteiger partial charge in [-0.25, -0.2) is 0 Å². The summed E-state index contributed by atoms with van der Waals surface area (Å²) in [7, 11) is 0. The summed E-state index contributed by atoms with van der Waals surface area (Å²) in [4.78, 5) is 13.9. The summed E-state index contributed by atoms with van der Waals surface area (Å²) >= 11 is 5.91. The van der Waals surface area contributed by atoms with Crippen LogP contribution in [0, 0.1) is 12.8 Å². The fourth-order valence-electron chi connectivity index (χ4n) is 3.22. The molecule has 0 spiro atoms. The van der Waals surface area contributed by atoms with Crippen molar-refractivity contribution < 1.29 is 0 Å². The van der Waals surface area contributed by atoms with Crippen molar-refractivity contribution in [3.63, 3.8) is 0 Å². The van der Waals surface area contributed by atoms with Gasteiger partial charge in [-0.15, -0.1) is 0 Å². The molecule has 0 unspecified atom stereocenters. The number of halogens is 1. The van der Waals surface area contributed by atoms with E-state index in [2.05, 4.69) is 31.1 Å². The van der Waals surface area contributed by atoms with Gasteiger partial charge in [-0.2, -0.15) is 0 Å². The van der Waals surface area contributed by atoms with E-state index in [0.717, 1.165) is 22.9 Å². The maximum absolute atomic E-state index is 11.3. The van der Waals surface area contributed by atoms with E-state index in [1.807, 2.05) is 19.1 Å². The van der Waals surface area contributed by atoms with Crippen LogP contribution in [-0.4, -0.2) is 17.1 Å². The number of rotatable bonds is 2. The molecule has 24 heavy (non-hydrogen) atoms. The number of H-pyrrole nitrogens is 1. The van der Waals surface area contributed by atoms with Crippen LogP contribution in [0.2, 0.25) is 5.02 Å². The van der Waals surface area contributed by atoms with Crippen LogP contribution in [-0.2, 0) is 0 Å². The average Bonchev–Trinajstić information content (AvgIpc) is 2.52. The van der Waals surface area contributed by atoms with E-state index < -0.39 is 0 Å². The topological polar surface area (TPSA) is 44.9 Å². The lowest BCUT2D eigenvalue weighted by Crippen LogP contribution is -2.37. The van der Waals surface area contributed by atoms with Crippen LogP contribution in [0.25, 0.3) is 10.8 Å². The molecule has 0 aliphatic heterocycles. The second-order valence-corrected chi connectivity index (χ2v) is 7.68. The quantitative estimate of drug-likeness (QED) is 0.797. The Labute approximate surface area is 149 Å². The highest BCUT2D eigenvalue weighted by Crippen LogP contribution is 2.23. The molecule has 1 fully saturated rings. The van der Waals surface area contributed by atoms with Crippen molar-refractivity contribution in [2.75, 3.05) is 0 Å². The van der Waals surface area contributed by atoms with Gasteiger partial charge in [0.2, 0.25) is 0 Å². The second-order valence-electron chi connectivity index (χ2n) is 7.27. The van der Waals surface area contributed by atoms with Crippen molar-refractivity contribution in [3.05, 3.63) is 45.3 Å². The summed E-state index contributed by atoms with van der Waals surface area (Å²) in [5.41, 5.74) is 0.888. The van der Waals surface area contributed by atoms with Crippen molar-refractivity contribution in [2.24, 2.45) is 5.92 Å².